The lowest BCUT2D eigenvalue weighted by Gasteiger charge is -2.08. The molecule has 0 aliphatic carbocycles. The quantitative estimate of drug-likeness (QED) is 0.785. The van der Waals surface area contributed by atoms with Gasteiger partial charge in [0.25, 0.3) is 5.91 Å². The van der Waals surface area contributed by atoms with E-state index >= 15 is 0 Å². The van der Waals surface area contributed by atoms with Crippen LogP contribution >= 0.6 is 0 Å². The molecule has 3 aromatic rings. The van der Waals surface area contributed by atoms with Crippen LogP contribution in [0.5, 0.6) is 5.75 Å². The van der Waals surface area contributed by atoms with E-state index in [2.05, 4.69) is 10.3 Å². The van der Waals surface area contributed by atoms with Crippen molar-refractivity contribution in [1.29, 1.82) is 0 Å². The Bertz CT molecular complexity index is 889. The van der Waals surface area contributed by atoms with Crippen LogP contribution < -0.4 is 10.1 Å². The highest BCUT2D eigenvalue weighted by atomic mass is 19.1. The number of nitrogens with one attached hydrogen (secondary N) is 1. The van der Waals surface area contributed by atoms with Gasteiger partial charge >= 0.3 is 0 Å². The number of methoxy groups -OCH3 is 1. The molecule has 0 fully saturated rings. The first-order valence-corrected chi connectivity index (χ1v) is 7.26. The molecule has 2 heterocycles. The monoisotopic (exact) mass is 326 g/mol. The van der Waals surface area contributed by atoms with Gasteiger partial charge in [-0.05, 0) is 43.3 Å². The molecular weight excluding hydrogens is 311 g/mol. The summed E-state index contributed by atoms with van der Waals surface area (Å²) in [6.45, 7) is 1.80. The van der Waals surface area contributed by atoms with Crippen LogP contribution in [0.15, 0.2) is 52.9 Å². The average Bonchev–Trinajstić information content (AvgIpc) is 3.05. The van der Waals surface area contributed by atoms with E-state index in [4.69, 9.17) is 9.15 Å². The largest absolute Gasteiger partial charge is 0.493 e. The van der Waals surface area contributed by atoms with Crippen molar-refractivity contribution in [2.45, 2.75) is 6.92 Å². The van der Waals surface area contributed by atoms with Crippen molar-refractivity contribution in [2.75, 3.05) is 12.4 Å². The van der Waals surface area contributed by atoms with Gasteiger partial charge < -0.3 is 14.5 Å². The Balaban J connectivity index is 1.85. The number of carbonyl (C=O) groups is 1. The zero-order valence-corrected chi connectivity index (χ0v) is 13.2. The Morgan fingerprint density at radius 2 is 1.96 bits per heavy atom. The van der Waals surface area contributed by atoms with E-state index in [9.17, 15) is 9.18 Å². The van der Waals surface area contributed by atoms with Gasteiger partial charge in [0.1, 0.15) is 11.6 Å². The van der Waals surface area contributed by atoms with E-state index in [1.807, 2.05) is 0 Å². The number of hydrogen-bond acceptors (Lipinski definition) is 4. The fourth-order valence-electron chi connectivity index (χ4n) is 2.23. The second-order valence-electron chi connectivity index (χ2n) is 5.10. The van der Waals surface area contributed by atoms with Crippen molar-refractivity contribution in [3.8, 4) is 17.1 Å². The summed E-state index contributed by atoms with van der Waals surface area (Å²) >= 11 is 0. The minimum absolute atomic E-state index is 0.0543. The van der Waals surface area contributed by atoms with Crippen LogP contribution in [-0.4, -0.2) is 18.0 Å². The Morgan fingerprint density at radius 3 is 2.71 bits per heavy atom. The minimum atomic E-state index is -0.492. The SMILES string of the molecule is COc1ccc(C)nc1NC(=O)c1ccc(-c2ccccc2F)o1. The molecule has 6 heteroatoms. The maximum Gasteiger partial charge on any atom is 0.292 e. The van der Waals surface area contributed by atoms with Crippen molar-refractivity contribution in [3.63, 3.8) is 0 Å². The van der Waals surface area contributed by atoms with Gasteiger partial charge in [0.15, 0.2) is 17.3 Å². The zero-order chi connectivity index (χ0) is 17.1. The smallest absolute Gasteiger partial charge is 0.292 e. The van der Waals surface area contributed by atoms with Crippen LogP contribution in [0.3, 0.4) is 0 Å². The zero-order valence-electron chi connectivity index (χ0n) is 13.2. The van der Waals surface area contributed by atoms with Crippen molar-refractivity contribution >= 4 is 11.7 Å². The van der Waals surface area contributed by atoms with E-state index in [-0.39, 0.29) is 11.5 Å². The number of pyridine rings is 1. The summed E-state index contributed by atoms with van der Waals surface area (Å²) in [4.78, 5) is 16.6. The number of amides is 1. The van der Waals surface area contributed by atoms with Crippen LogP contribution in [-0.2, 0) is 0 Å². The molecule has 1 aromatic carbocycles. The van der Waals surface area contributed by atoms with Gasteiger partial charge in [-0.25, -0.2) is 9.37 Å². The summed E-state index contributed by atoms with van der Waals surface area (Å²) in [6.07, 6.45) is 0. The second-order valence-corrected chi connectivity index (χ2v) is 5.10. The van der Waals surface area contributed by atoms with Crippen LogP contribution in [0, 0.1) is 12.7 Å². The molecule has 1 N–H and O–H groups in total. The summed E-state index contributed by atoms with van der Waals surface area (Å²) in [6, 6.07) is 12.7. The van der Waals surface area contributed by atoms with Crippen LogP contribution in [0.1, 0.15) is 16.2 Å². The van der Waals surface area contributed by atoms with Gasteiger partial charge in [-0.1, -0.05) is 12.1 Å². The molecule has 2 aromatic heterocycles. The summed E-state index contributed by atoms with van der Waals surface area (Å²) in [5.41, 5.74) is 1.03. The van der Waals surface area contributed by atoms with E-state index in [0.29, 0.717) is 17.1 Å². The van der Waals surface area contributed by atoms with E-state index in [0.717, 1.165) is 5.69 Å². The molecule has 0 saturated heterocycles. The van der Waals surface area contributed by atoms with Gasteiger partial charge in [0, 0.05) is 5.69 Å². The summed E-state index contributed by atoms with van der Waals surface area (Å²) < 4.78 is 24.4. The third-order valence-electron chi connectivity index (χ3n) is 3.42. The molecule has 0 atom stereocenters. The Hall–Kier alpha value is -3.15. The number of aryl methyl sites for hydroxylation is 1. The third-order valence-corrected chi connectivity index (χ3v) is 3.42. The fraction of sp³-hybridized carbons (Fsp3) is 0.111. The number of nitrogens with zero attached hydrogens (tertiary/aromatic N) is 1. The Morgan fingerprint density at radius 1 is 1.17 bits per heavy atom. The standard InChI is InChI=1S/C18H15FN2O3/c1-11-7-8-15(23-2)17(20-11)21-18(22)16-10-9-14(24-16)12-5-3-4-6-13(12)19/h3-10H,1-2H3,(H,20,21,22). The molecule has 0 radical (unpaired) electrons. The summed E-state index contributed by atoms with van der Waals surface area (Å²) in [5.74, 6) is 0.164. The average molecular weight is 326 g/mol. The summed E-state index contributed by atoms with van der Waals surface area (Å²) in [7, 11) is 1.49. The molecule has 1 amide bonds. The number of halogens is 1. The maximum atomic E-state index is 13.8. The first kappa shape index (κ1) is 15.7. The van der Waals surface area contributed by atoms with Crippen LogP contribution in [0.4, 0.5) is 10.2 Å². The van der Waals surface area contributed by atoms with Crippen molar-refractivity contribution in [1.82, 2.24) is 4.98 Å². The van der Waals surface area contributed by atoms with Gasteiger partial charge in [0.2, 0.25) is 0 Å². The first-order chi connectivity index (χ1) is 11.6. The molecule has 0 aliphatic rings. The van der Waals surface area contributed by atoms with Gasteiger partial charge in [-0.15, -0.1) is 0 Å². The number of benzene rings is 1. The molecule has 0 bridgehead atoms. The number of ether oxygens (including phenoxy) is 1. The molecule has 0 saturated carbocycles. The van der Waals surface area contributed by atoms with Gasteiger partial charge in [0.05, 0.1) is 12.7 Å². The Labute approximate surface area is 138 Å². The highest BCUT2D eigenvalue weighted by Gasteiger charge is 2.16. The lowest BCUT2D eigenvalue weighted by Crippen LogP contribution is -2.13. The van der Waals surface area contributed by atoms with Gasteiger partial charge in [-0.2, -0.15) is 0 Å². The third kappa shape index (κ3) is 3.12. The number of anilines is 1. The van der Waals surface area contributed by atoms with Crippen molar-refractivity contribution < 1.29 is 18.3 Å². The molecule has 24 heavy (non-hydrogen) atoms. The van der Waals surface area contributed by atoms with E-state index < -0.39 is 11.7 Å². The van der Waals surface area contributed by atoms with Crippen LogP contribution in [0.25, 0.3) is 11.3 Å². The topological polar surface area (TPSA) is 64.4 Å². The highest BCUT2D eigenvalue weighted by molar-refractivity contribution is 6.02. The molecule has 0 spiro atoms. The molecule has 122 valence electrons. The van der Waals surface area contributed by atoms with Gasteiger partial charge in [-0.3, -0.25) is 4.79 Å². The number of carbonyl (C=O) groups excluding carboxylic acids is 1. The number of furan rings is 1. The lowest BCUT2D eigenvalue weighted by molar-refractivity contribution is 0.0996. The van der Waals surface area contributed by atoms with E-state index in [1.54, 1.807) is 43.3 Å². The molecule has 3 rings (SSSR count). The summed E-state index contributed by atoms with van der Waals surface area (Å²) in [5, 5.41) is 2.64. The fourth-order valence-corrected chi connectivity index (χ4v) is 2.23. The highest BCUT2D eigenvalue weighted by Crippen LogP contribution is 2.26. The predicted octanol–water partition coefficient (Wildman–Crippen LogP) is 4.05. The molecule has 5 nitrogen and oxygen atoms in total. The van der Waals surface area contributed by atoms with Crippen molar-refractivity contribution in [3.05, 3.63) is 65.8 Å². The Kier molecular flexibility index (Phi) is 4.29. The molecule has 0 aliphatic heterocycles. The second kappa shape index (κ2) is 6.54. The normalized spacial score (nSPS) is 10.5. The van der Waals surface area contributed by atoms with E-state index in [1.165, 1.54) is 19.2 Å². The maximum absolute atomic E-state index is 13.8. The van der Waals surface area contributed by atoms with Crippen LogP contribution in [0.2, 0.25) is 0 Å². The van der Waals surface area contributed by atoms with Crippen molar-refractivity contribution in [2.24, 2.45) is 0 Å². The lowest BCUT2D eigenvalue weighted by atomic mass is 10.1. The first-order valence-electron chi connectivity index (χ1n) is 7.26. The molecular formula is C18H15FN2O3. The number of rotatable bonds is 4. The number of hydrogen-bond donors (Lipinski definition) is 1. The molecule has 0 unspecified atom stereocenters. The minimum Gasteiger partial charge on any atom is -0.493 e. The number of aromatic nitrogens is 1. The predicted molar refractivity (Wildman–Crippen MR) is 87.6 cm³/mol.